The fourth-order valence-corrected chi connectivity index (χ4v) is 3.04. The molecule has 0 spiro atoms. The van der Waals surface area contributed by atoms with Crippen molar-refractivity contribution < 1.29 is 14.3 Å². The van der Waals surface area contributed by atoms with Gasteiger partial charge in [-0.15, -0.1) is 16.8 Å². The number of nitrogens with one attached hydrogen (secondary N) is 1. The van der Waals surface area contributed by atoms with Gasteiger partial charge in [0.25, 0.3) is 0 Å². The van der Waals surface area contributed by atoms with Crippen molar-refractivity contribution in [3.63, 3.8) is 0 Å². The lowest BCUT2D eigenvalue weighted by Gasteiger charge is -2.08. The van der Waals surface area contributed by atoms with Gasteiger partial charge in [0.05, 0.1) is 7.11 Å². The van der Waals surface area contributed by atoms with Crippen LogP contribution in [0, 0.1) is 0 Å². The summed E-state index contributed by atoms with van der Waals surface area (Å²) in [5.74, 6) is 1.98. The van der Waals surface area contributed by atoms with Crippen molar-refractivity contribution in [2.45, 2.75) is 24.7 Å². The molecule has 0 saturated heterocycles. The smallest absolute Gasteiger partial charge is 0.225 e. The summed E-state index contributed by atoms with van der Waals surface area (Å²) in [6.45, 7) is 4.73. The molecule has 25 heavy (non-hydrogen) atoms. The van der Waals surface area contributed by atoms with Gasteiger partial charge in [0.2, 0.25) is 5.91 Å². The zero-order valence-corrected chi connectivity index (χ0v) is 15.2. The number of methoxy groups -OCH3 is 2. The molecule has 2 rings (SSSR count). The lowest BCUT2D eigenvalue weighted by atomic mass is 10.3. The van der Waals surface area contributed by atoms with E-state index in [2.05, 4.69) is 22.1 Å². The highest BCUT2D eigenvalue weighted by molar-refractivity contribution is 7.99. The molecule has 0 atom stereocenters. The van der Waals surface area contributed by atoms with Gasteiger partial charge in [0.15, 0.2) is 11.0 Å². The highest BCUT2D eigenvalue weighted by Crippen LogP contribution is 2.20. The summed E-state index contributed by atoms with van der Waals surface area (Å²) in [7, 11) is 3.21. The van der Waals surface area contributed by atoms with Crippen LogP contribution >= 0.6 is 11.8 Å². The minimum atomic E-state index is -0.0624. The number of anilines is 1. The van der Waals surface area contributed by atoms with E-state index in [1.165, 1.54) is 11.8 Å². The van der Waals surface area contributed by atoms with Crippen LogP contribution in [0.4, 0.5) is 5.69 Å². The maximum Gasteiger partial charge on any atom is 0.225 e. The van der Waals surface area contributed by atoms with E-state index in [-0.39, 0.29) is 5.91 Å². The molecule has 1 aromatic carbocycles. The Labute approximate surface area is 151 Å². The SMILES string of the molecule is C=CCn1c(COC)nnc1SCCC(=O)Nc1cccc(OC)c1. The molecule has 1 N–H and O–H groups in total. The normalized spacial score (nSPS) is 10.5. The van der Waals surface area contributed by atoms with E-state index in [1.807, 2.05) is 22.8 Å². The first kappa shape index (κ1) is 19.0. The quantitative estimate of drug-likeness (QED) is 0.517. The molecule has 134 valence electrons. The fourth-order valence-electron chi connectivity index (χ4n) is 2.13. The van der Waals surface area contributed by atoms with Gasteiger partial charge in [-0.25, -0.2) is 0 Å². The Morgan fingerprint density at radius 3 is 2.96 bits per heavy atom. The third-order valence-electron chi connectivity index (χ3n) is 3.29. The van der Waals surface area contributed by atoms with Crippen LogP contribution in [0.2, 0.25) is 0 Å². The molecule has 7 nitrogen and oxygen atoms in total. The van der Waals surface area contributed by atoms with Gasteiger partial charge in [0, 0.05) is 37.6 Å². The predicted molar refractivity (Wildman–Crippen MR) is 97.9 cm³/mol. The van der Waals surface area contributed by atoms with E-state index >= 15 is 0 Å². The molecule has 0 bridgehead atoms. The Balaban J connectivity index is 1.87. The fraction of sp³-hybridized carbons (Fsp3) is 0.353. The van der Waals surface area contributed by atoms with Crippen molar-refractivity contribution in [1.29, 1.82) is 0 Å². The Morgan fingerprint density at radius 1 is 1.40 bits per heavy atom. The number of benzene rings is 1. The Kier molecular flexibility index (Phi) is 7.49. The van der Waals surface area contributed by atoms with Crippen LogP contribution < -0.4 is 10.1 Å². The van der Waals surface area contributed by atoms with Gasteiger partial charge < -0.3 is 19.4 Å². The molecule has 8 heteroatoms. The zero-order valence-electron chi connectivity index (χ0n) is 14.4. The number of aromatic nitrogens is 3. The van der Waals surface area contributed by atoms with E-state index in [9.17, 15) is 4.79 Å². The molecule has 0 aliphatic rings. The second kappa shape index (κ2) is 9.85. The third kappa shape index (κ3) is 5.61. The summed E-state index contributed by atoms with van der Waals surface area (Å²) >= 11 is 1.48. The van der Waals surface area contributed by atoms with Gasteiger partial charge >= 0.3 is 0 Å². The van der Waals surface area contributed by atoms with Crippen molar-refractivity contribution >= 4 is 23.4 Å². The molecule has 1 heterocycles. The Bertz CT molecular complexity index is 718. The van der Waals surface area contributed by atoms with Crippen molar-refractivity contribution in [2.24, 2.45) is 0 Å². The number of hydrogen-bond donors (Lipinski definition) is 1. The third-order valence-corrected chi connectivity index (χ3v) is 4.26. The molecule has 0 aliphatic heterocycles. The summed E-state index contributed by atoms with van der Waals surface area (Å²) in [5.41, 5.74) is 0.714. The van der Waals surface area contributed by atoms with E-state index in [4.69, 9.17) is 9.47 Å². The number of allylic oxidation sites excluding steroid dienone is 1. The molecule has 0 aliphatic carbocycles. The van der Waals surface area contributed by atoms with Gasteiger partial charge in [-0.2, -0.15) is 0 Å². The highest BCUT2D eigenvalue weighted by atomic mass is 32.2. The molecule has 0 radical (unpaired) electrons. The van der Waals surface area contributed by atoms with Gasteiger partial charge in [-0.05, 0) is 12.1 Å². The lowest BCUT2D eigenvalue weighted by Crippen LogP contribution is -2.12. The maximum atomic E-state index is 12.1. The molecule has 2 aromatic rings. The number of hydrogen-bond acceptors (Lipinski definition) is 6. The van der Waals surface area contributed by atoms with Crippen LogP contribution in [0.25, 0.3) is 0 Å². The Hall–Kier alpha value is -2.32. The maximum absolute atomic E-state index is 12.1. The van der Waals surface area contributed by atoms with Crippen LogP contribution in [0.15, 0.2) is 42.1 Å². The number of thioether (sulfide) groups is 1. The van der Waals surface area contributed by atoms with Crippen LogP contribution in [0.1, 0.15) is 12.2 Å². The highest BCUT2D eigenvalue weighted by Gasteiger charge is 2.12. The molecule has 0 unspecified atom stereocenters. The second-order valence-electron chi connectivity index (χ2n) is 5.11. The Morgan fingerprint density at radius 2 is 2.24 bits per heavy atom. The summed E-state index contributed by atoms with van der Waals surface area (Å²) < 4.78 is 12.2. The van der Waals surface area contributed by atoms with Crippen LogP contribution in [-0.2, 0) is 22.7 Å². The van der Waals surface area contributed by atoms with Gasteiger partial charge in [0.1, 0.15) is 12.4 Å². The van der Waals surface area contributed by atoms with E-state index in [1.54, 1.807) is 26.4 Å². The first-order valence-corrected chi connectivity index (χ1v) is 8.75. The molecular formula is C17H22N4O3S. The van der Waals surface area contributed by atoms with E-state index in [0.29, 0.717) is 36.8 Å². The minimum Gasteiger partial charge on any atom is -0.497 e. The number of ether oxygens (including phenoxy) is 2. The van der Waals surface area contributed by atoms with Crippen LogP contribution in [-0.4, -0.2) is 40.6 Å². The molecule has 0 fully saturated rings. The lowest BCUT2D eigenvalue weighted by molar-refractivity contribution is -0.115. The topological polar surface area (TPSA) is 78.3 Å². The van der Waals surface area contributed by atoms with E-state index in [0.717, 1.165) is 11.0 Å². The van der Waals surface area contributed by atoms with Crippen molar-refractivity contribution in [3.05, 3.63) is 42.7 Å². The number of carbonyl (C=O) groups is 1. The first-order chi connectivity index (χ1) is 12.2. The number of amides is 1. The van der Waals surface area contributed by atoms with Crippen LogP contribution in [0.5, 0.6) is 5.75 Å². The average molecular weight is 362 g/mol. The first-order valence-electron chi connectivity index (χ1n) is 7.76. The average Bonchev–Trinajstić information content (AvgIpc) is 2.98. The largest absolute Gasteiger partial charge is 0.497 e. The predicted octanol–water partition coefficient (Wildman–Crippen LogP) is 2.74. The molecule has 1 aromatic heterocycles. The zero-order chi connectivity index (χ0) is 18.1. The van der Waals surface area contributed by atoms with Gasteiger partial charge in [-0.3, -0.25) is 4.79 Å². The number of carbonyl (C=O) groups excluding carboxylic acids is 1. The van der Waals surface area contributed by atoms with Gasteiger partial charge in [-0.1, -0.05) is 23.9 Å². The molecule has 0 saturated carbocycles. The van der Waals surface area contributed by atoms with E-state index < -0.39 is 0 Å². The van der Waals surface area contributed by atoms with Crippen molar-refractivity contribution in [3.8, 4) is 5.75 Å². The standard InChI is InChI=1S/C17H22N4O3S/c1-4-9-21-15(12-23-2)19-20-17(21)25-10-8-16(22)18-13-6-5-7-14(11-13)24-3/h4-7,11H,1,8-10,12H2,2-3H3,(H,18,22). The summed E-state index contributed by atoms with van der Waals surface area (Å²) in [6, 6.07) is 7.27. The molecular weight excluding hydrogens is 340 g/mol. The van der Waals surface area contributed by atoms with Crippen molar-refractivity contribution in [2.75, 3.05) is 25.3 Å². The summed E-state index contributed by atoms with van der Waals surface area (Å²) in [4.78, 5) is 12.1. The molecule has 1 amide bonds. The van der Waals surface area contributed by atoms with Crippen molar-refractivity contribution in [1.82, 2.24) is 14.8 Å². The summed E-state index contributed by atoms with van der Waals surface area (Å²) in [5, 5.41) is 11.9. The van der Waals surface area contributed by atoms with Crippen LogP contribution in [0.3, 0.4) is 0 Å². The summed E-state index contributed by atoms with van der Waals surface area (Å²) in [6.07, 6.45) is 2.14. The monoisotopic (exact) mass is 362 g/mol. The minimum absolute atomic E-state index is 0.0624. The number of nitrogens with zero attached hydrogens (tertiary/aromatic N) is 3. The second-order valence-corrected chi connectivity index (χ2v) is 6.17. The number of rotatable bonds is 10.